The summed E-state index contributed by atoms with van der Waals surface area (Å²) < 4.78 is 12.9. The maximum Gasteiger partial charge on any atom is 0.253 e. The number of rotatable bonds is 5. The van der Waals surface area contributed by atoms with Gasteiger partial charge in [0.05, 0.1) is 12.1 Å². The first kappa shape index (κ1) is 20.9. The van der Waals surface area contributed by atoms with E-state index in [-0.39, 0.29) is 18.4 Å². The summed E-state index contributed by atoms with van der Waals surface area (Å²) in [7, 11) is 0. The fraction of sp³-hybridized carbons (Fsp3) is 0.360. The molecule has 0 amide bonds. The van der Waals surface area contributed by atoms with Crippen molar-refractivity contribution in [1.82, 2.24) is 30.1 Å². The van der Waals surface area contributed by atoms with E-state index in [2.05, 4.69) is 44.5 Å². The van der Waals surface area contributed by atoms with Gasteiger partial charge in [-0.25, -0.2) is 4.68 Å². The highest BCUT2D eigenvalue weighted by molar-refractivity contribution is 5.83. The minimum atomic E-state index is -0.361. The van der Waals surface area contributed by atoms with E-state index >= 15 is 0 Å². The SMILES string of the molecule is C[C@H]1CCCN([C@H](c2cc3cc4c(cc3[nH]c2=O)OCO4)c2nnnn2Cc2ccccc2)C1. The Bertz CT molecular complexity index is 1380. The summed E-state index contributed by atoms with van der Waals surface area (Å²) in [6.45, 7) is 4.73. The Kier molecular flexibility index (Phi) is 5.26. The molecule has 0 radical (unpaired) electrons. The van der Waals surface area contributed by atoms with Crippen LogP contribution in [0.25, 0.3) is 10.9 Å². The van der Waals surface area contributed by atoms with Crippen molar-refractivity contribution in [2.45, 2.75) is 32.4 Å². The highest BCUT2D eigenvalue weighted by Gasteiger charge is 2.33. The number of aromatic nitrogens is 5. The predicted octanol–water partition coefficient (Wildman–Crippen LogP) is 3.11. The highest BCUT2D eigenvalue weighted by atomic mass is 16.7. The van der Waals surface area contributed by atoms with Gasteiger partial charge in [0.2, 0.25) is 6.79 Å². The Hall–Kier alpha value is -3.72. The maximum atomic E-state index is 13.4. The molecule has 0 aliphatic carbocycles. The lowest BCUT2D eigenvalue weighted by Crippen LogP contribution is -2.41. The van der Waals surface area contributed by atoms with Crippen LogP contribution in [0.2, 0.25) is 0 Å². The molecule has 1 N–H and O–H groups in total. The molecule has 2 aliphatic rings. The number of ether oxygens (including phenoxy) is 2. The van der Waals surface area contributed by atoms with Crippen molar-refractivity contribution in [2.24, 2.45) is 5.92 Å². The number of hydrogen-bond acceptors (Lipinski definition) is 7. The van der Waals surface area contributed by atoms with Crippen molar-refractivity contribution >= 4 is 10.9 Å². The van der Waals surface area contributed by atoms with Gasteiger partial charge >= 0.3 is 0 Å². The van der Waals surface area contributed by atoms with Crippen molar-refractivity contribution in [3.63, 3.8) is 0 Å². The molecule has 2 aromatic carbocycles. The lowest BCUT2D eigenvalue weighted by atomic mass is 9.95. The number of nitrogens with one attached hydrogen (secondary N) is 1. The predicted molar refractivity (Wildman–Crippen MR) is 126 cm³/mol. The highest BCUT2D eigenvalue weighted by Crippen LogP contribution is 2.37. The zero-order valence-electron chi connectivity index (χ0n) is 19.0. The Morgan fingerprint density at radius 2 is 1.97 bits per heavy atom. The van der Waals surface area contributed by atoms with Crippen molar-refractivity contribution in [3.8, 4) is 11.5 Å². The van der Waals surface area contributed by atoms with Gasteiger partial charge in [-0.2, -0.15) is 0 Å². The van der Waals surface area contributed by atoms with E-state index in [0.29, 0.717) is 40.9 Å². The van der Waals surface area contributed by atoms with Gasteiger partial charge in [0, 0.05) is 23.6 Å². The summed E-state index contributed by atoms with van der Waals surface area (Å²) >= 11 is 0. The molecular weight excluding hydrogens is 432 g/mol. The van der Waals surface area contributed by atoms with Gasteiger partial charge in [-0.05, 0) is 53.4 Å². The van der Waals surface area contributed by atoms with Gasteiger partial charge in [-0.3, -0.25) is 9.69 Å². The molecule has 9 nitrogen and oxygen atoms in total. The average molecular weight is 459 g/mol. The summed E-state index contributed by atoms with van der Waals surface area (Å²) in [6.07, 6.45) is 2.25. The molecule has 1 fully saturated rings. The van der Waals surface area contributed by atoms with Crippen LogP contribution in [-0.4, -0.2) is 50.0 Å². The Balaban J connectivity index is 1.47. The molecule has 2 aromatic heterocycles. The fourth-order valence-corrected chi connectivity index (χ4v) is 5.05. The summed E-state index contributed by atoms with van der Waals surface area (Å²) in [5, 5.41) is 13.6. The van der Waals surface area contributed by atoms with Gasteiger partial charge in [0.1, 0.15) is 6.04 Å². The Morgan fingerprint density at radius 1 is 1.15 bits per heavy atom. The van der Waals surface area contributed by atoms with E-state index in [9.17, 15) is 4.79 Å². The van der Waals surface area contributed by atoms with Gasteiger partial charge in [-0.15, -0.1) is 5.10 Å². The van der Waals surface area contributed by atoms with Gasteiger partial charge in [0.15, 0.2) is 17.3 Å². The molecule has 6 rings (SSSR count). The minimum absolute atomic E-state index is 0.149. The van der Waals surface area contributed by atoms with E-state index < -0.39 is 0 Å². The van der Waals surface area contributed by atoms with Crippen LogP contribution in [0.3, 0.4) is 0 Å². The summed E-state index contributed by atoms with van der Waals surface area (Å²) in [5.41, 5.74) is 2.29. The van der Waals surface area contributed by atoms with E-state index in [4.69, 9.17) is 9.47 Å². The molecule has 174 valence electrons. The molecule has 0 bridgehead atoms. The van der Waals surface area contributed by atoms with Crippen molar-refractivity contribution in [3.05, 3.63) is 75.8 Å². The number of H-pyrrole nitrogens is 1. The van der Waals surface area contributed by atoms with E-state index in [0.717, 1.165) is 30.5 Å². The number of aromatic amines is 1. The normalized spacial score (nSPS) is 18.9. The maximum absolute atomic E-state index is 13.4. The molecule has 2 atom stereocenters. The van der Waals surface area contributed by atoms with Crippen LogP contribution in [-0.2, 0) is 6.54 Å². The zero-order chi connectivity index (χ0) is 23.1. The monoisotopic (exact) mass is 458 g/mol. The number of benzene rings is 2. The third-order valence-corrected chi connectivity index (χ3v) is 6.69. The Labute approximate surface area is 196 Å². The van der Waals surface area contributed by atoms with Gasteiger partial charge in [-0.1, -0.05) is 37.3 Å². The largest absolute Gasteiger partial charge is 0.454 e. The van der Waals surface area contributed by atoms with E-state index in [1.807, 2.05) is 41.1 Å². The second-order valence-electron chi connectivity index (χ2n) is 9.17. The molecule has 2 aliphatic heterocycles. The minimum Gasteiger partial charge on any atom is -0.454 e. The molecule has 0 unspecified atom stereocenters. The number of nitrogens with zero attached hydrogens (tertiary/aromatic N) is 5. The van der Waals surface area contributed by atoms with E-state index in [1.165, 1.54) is 6.42 Å². The van der Waals surface area contributed by atoms with Gasteiger partial charge < -0.3 is 14.5 Å². The third-order valence-electron chi connectivity index (χ3n) is 6.69. The molecular formula is C25H26N6O3. The van der Waals surface area contributed by atoms with Crippen LogP contribution in [0.15, 0.2) is 53.3 Å². The first-order valence-electron chi connectivity index (χ1n) is 11.7. The number of fused-ring (bicyclic) bond motifs is 2. The van der Waals surface area contributed by atoms with E-state index in [1.54, 1.807) is 0 Å². The fourth-order valence-electron chi connectivity index (χ4n) is 5.05. The quantitative estimate of drug-likeness (QED) is 0.491. The van der Waals surface area contributed by atoms with Crippen LogP contribution < -0.4 is 15.0 Å². The molecule has 4 heterocycles. The van der Waals surface area contributed by atoms with Crippen LogP contribution in [0.1, 0.15) is 42.8 Å². The first-order chi connectivity index (χ1) is 16.7. The molecule has 0 spiro atoms. The van der Waals surface area contributed by atoms with Crippen LogP contribution >= 0.6 is 0 Å². The zero-order valence-corrected chi connectivity index (χ0v) is 19.0. The second kappa shape index (κ2) is 8.57. The Morgan fingerprint density at radius 3 is 2.79 bits per heavy atom. The average Bonchev–Trinajstić information content (AvgIpc) is 3.48. The number of likely N-dealkylation sites (tertiary alicyclic amines) is 1. The molecule has 0 saturated carbocycles. The van der Waals surface area contributed by atoms with Crippen molar-refractivity contribution in [1.29, 1.82) is 0 Å². The van der Waals surface area contributed by atoms with Crippen molar-refractivity contribution in [2.75, 3.05) is 19.9 Å². The number of tetrazole rings is 1. The van der Waals surface area contributed by atoms with Crippen LogP contribution in [0, 0.1) is 5.92 Å². The smallest absolute Gasteiger partial charge is 0.253 e. The van der Waals surface area contributed by atoms with Crippen molar-refractivity contribution < 1.29 is 9.47 Å². The molecule has 4 aromatic rings. The lowest BCUT2D eigenvalue weighted by Gasteiger charge is -2.36. The number of pyridine rings is 1. The topological polar surface area (TPSA) is 98.2 Å². The molecule has 34 heavy (non-hydrogen) atoms. The summed E-state index contributed by atoms with van der Waals surface area (Å²) in [5.74, 6) is 2.53. The third kappa shape index (κ3) is 3.81. The second-order valence-corrected chi connectivity index (χ2v) is 9.17. The first-order valence-corrected chi connectivity index (χ1v) is 11.7. The summed E-state index contributed by atoms with van der Waals surface area (Å²) in [6, 6.07) is 15.4. The summed E-state index contributed by atoms with van der Waals surface area (Å²) in [4.78, 5) is 18.8. The molecule has 9 heteroatoms. The number of hydrogen-bond donors (Lipinski definition) is 1. The molecule has 1 saturated heterocycles. The van der Waals surface area contributed by atoms with Crippen LogP contribution in [0.4, 0.5) is 0 Å². The van der Waals surface area contributed by atoms with Gasteiger partial charge in [0.25, 0.3) is 5.56 Å². The standard InChI is InChI=1S/C25H26N6O3/c1-16-6-5-9-30(13-16)23(24-27-28-29-31(24)14-17-7-3-2-4-8-17)19-10-18-11-21-22(34-15-33-21)12-20(18)26-25(19)32/h2-4,7-8,10-12,16,23H,5-6,9,13-15H2,1H3,(H,26,32)/t16-,23+/m0/s1. The lowest BCUT2D eigenvalue weighted by molar-refractivity contribution is 0.141. The number of piperidine rings is 1. The van der Waals surface area contributed by atoms with Crippen LogP contribution in [0.5, 0.6) is 11.5 Å².